The molecule has 1 N–H and O–H groups in total. The van der Waals surface area contributed by atoms with Crippen molar-refractivity contribution in [1.82, 2.24) is 0 Å². The molecule has 4 nitrogen and oxygen atoms in total. The lowest BCUT2D eigenvalue weighted by molar-refractivity contribution is 0.174. The van der Waals surface area contributed by atoms with E-state index in [9.17, 15) is 0 Å². The number of rotatable bonds is 5. The Morgan fingerprint density at radius 3 is 2.55 bits per heavy atom. The van der Waals surface area contributed by atoms with Gasteiger partial charge in [-0.25, -0.2) is 0 Å². The Morgan fingerprint density at radius 2 is 1.82 bits per heavy atom. The SMILES string of the molecule is CCOc1c(Cl)cc(CNc2ccc3c(c2)OCO3)cc1Cl. The number of nitrogens with one attached hydrogen (secondary N) is 1. The minimum atomic E-state index is 0.267. The summed E-state index contributed by atoms with van der Waals surface area (Å²) in [5.74, 6) is 2.03. The van der Waals surface area contributed by atoms with Crippen LogP contribution in [0.2, 0.25) is 10.0 Å². The molecule has 2 aromatic rings. The number of fused-ring (bicyclic) bond motifs is 1. The van der Waals surface area contributed by atoms with Gasteiger partial charge in [-0.05, 0) is 36.8 Å². The van der Waals surface area contributed by atoms with Gasteiger partial charge in [-0.1, -0.05) is 23.2 Å². The van der Waals surface area contributed by atoms with Gasteiger partial charge in [0.2, 0.25) is 6.79 Å². The lowest BCUT2D eigenvalue weighted by Crippen LogP contribution is -2.01. The third-order valence-electron chi connectivity index (χ3n) is 3.22. The van der Waals surface area contributed by atoms with Crippen LogP contribution in [-0.2, 0) is 6.54 Å². The van der Waals surface area contributed by atoms with Crippen molar-refractivity contribution in [1.29, 1.82) is 0 Å². The van der Waals surface area contributed by atoms with Gasteiger partial charge >= 0.3 is 0 Å². The molecule has 0 fully saturated rings. The second kappa shape index (κ2) is 6.55. The van der Waals surface area contributed by atoms with Crippen molar-refractivity contribution in [3.63, 3.8) is 0 Å². The van der Waals surface area contributed by atoms with E-state index < -0.39 is 0 Å². The second-order valence-corrected chi connectivity index (χ2v) is 5.56. The van der Waals surface area contributed by atoms with Gasteiger partial charge in [0.05, 0.1) is 16.7 Å². The van der Waals surface area contributed by atoms with Crippen LogP contribution in [0.1, 0.15) is 12.5 Å². The quantitative estimate of drug-likeness (QED) is 0.854. The maximum atomic E-state index is 6.20. The summed E-state index contributed by atoms with van der Waals surface area (Å²) in [7, 11) is 0. The smallest absolute Gasteiger partial charge is 0.231 e. The van der Waals surface area contributed by atoms with Gasteiger partial charge in [-0.2, -0.15) is 0 Å². The molecule has 3 rings (SSSR count). The van der Waals surface area contributed by atoms with Crippen molar-refractivity contribution >= 4 is 28.9 Å². The molecule has 0 saturated carbocycles. The summed E-state index contributed by atoms with van der Waals surface area (Å²) in [6.45, 7) is 3.27. The lowest BCUT2D eigenvalue weighted by Gasteiger charge is -2.12. The summed E-state index contributed by atoms with van der Waals surface area (Å²) in [4.78, 5) is 0. The third kappa shape index (κ3) is 3.18. The van der Waals surface area contributed by atoms with E-state index in [1.807, 2.05) is 37.3 Å². The standard InChI is InChI=1S/C16H15Cl2NO3/c1-2-20-16-12(17)5-10(6-13(16)18)8-19-11-3-4-14-15(7-11)22-9-21-14/h3-7,19H,2,8-9H2,1H3. The first kappa shape index (κ1) is 15.1. The maximum Gasteiger partial charge on any atom is 0.231 e. The average Bonchev–Trinajstić information content (AvgIpc) is 2.96. The number of hydrogen-bond acceptors (Lipinski definition) is 4. The van der Waals surface area contributed by atoms with Gasteiger partial charge in [0, 0.05) is 18.3 Å². The van der Waals surface area contributed by atoms with E-state index in [0.29, 0.717) is 28.9 Å². The zero-order chi connectivity index (χ0) is 15.5. The summed E-state index contributed by atoms with van der Waals surface area (Å²) >= 11 is 12.4. The molecule has 1 aliphatic heterocycles. The molecular formula is C16H15Cl2NO3. The molecule has 2 aromatic carbocycles. The van der Waals surface area contributed by atoms with E-state index in [-0.39, 0.29) is 6.79 Å². The molecule has 0 unspecified atom stereocenters. The number of benzene rings is 2. The summed E-state index contributed by atoms with van der Waals surface area (Å²) < 4.78 is 16.1. The average molecular weight is 340 g/mol. The largest absolute Gasteiger partial charge is 0.491 e. The van der Waals surface area contributed by atoms with Crippen LogP contribution < -0.4 is 19.5 Å². The fourth-order valence-electron chi connectivity index (χ4n) is 2.21. The van der Waals surface area contributed by atoms with Gasteiger partial charge in [0.25, 0.3) is 0 Å². The van der Waals surface area contributed by atoms with Gasteiger partial charge in [-0.15, -0.1) is 0 Å². The summed E-state index contributed by atoms with van der Waals surface area (Å²) in [6, 6.07) is 9.41. The lowest BCUT2D eigenvalue weighted by atomic mass is 10.2. The zero-order valence-electron chi connectivity index (χ0n) is 12.0. The number of hydrogen-bond donors (Lipinski definition) is 1. The van der Waals surface area contributed by atoms with Crippen LogP contribution in [0.25, 0.3) is 0 Å². The van der Waals surface area contributed by atoms with Crippen LogP contribution in [-0.4, -0.2) is 13.4 Å². The molecule has 0 aliphatic carbocycles. The predicted octanol–water partition coefficient (Wildman–Crippen LogP) is 4.73. The van der Waals surface area contributed by atoms with E-state index in [2.05, 4.69) is 5.32 Å². The Hall–Kier alpha value is -1.78. The highest BCUT2D eigenvalue weighted by Crippen LogP contribution is 2.36. The number of anilines is 1. The van der Waals surface area contributed by atoms with Crippen LogP contribution in [0.3, 0.4) is 0 Å². The van der Waals surface area contributed by atoms with Crippen molar-refractivity contribution in [2.75, 3.05) is 18.7 Å². The fraction of sp³-hybridized carbons (Fsp3) is 0.250. The van der Waals surface area contributed by atoms with Crippen molar-refractivity contribution in [2.45, 2.75) is 13.5 Å². The summed E-state index contributed by atoms with van der Waals surface area (Å²) in [5, 5.41) is 4.32. The Morgan fingerprint density at radius 1 is 1.09 bits per heavy atom. The van der Waals surface area contributed by atoms with E-state index in [4.69, 9.17) is 37.4 Å². The maximum absolute atomic E-state index is 6.20. The molecule has 0 bridgehead atoms. The Bertz CT molecular complexity index is 668. The van der Waals surface area contributed by atoms with Gasteiger partial charge in [0.15, 0.2) is 17.2 Å². The summed E-state index contributed by atoms with van der Waals surface area (Å²) in [5.41, 5.74) is 1.90. The molecule has 0 atom stereocenters. The van der Waals surface area contributed by atoms with Gasteiger partial charge in [-0.3, -0.25) is 0 Å². The number of halogens is 2. The molecule has 22 heavy (non-hydrogen) atoms. The molecule has 0 aromatic heterocycles. The van der Waals surface area contributed by atoms with Gasteiger partial charge in [0.1, 0.15) is 0 Å². The van der Waals surface area contributed by atoms with Crippen molar-refractivity contribution in [2.24, 2.45) is 0 Å². The van der Waals surface area contributed by atoms with E-state index >= 15 is 0 Å². The van der Waals surface area contributed by atoms with Crippen molar-refractivity contribution < 1.29 is 14.2 Å². The second-order valence-electron chi connectivity index (χ2n) is 4.74. The molecule has 1 aliphatic rings. The number of ether oxygens (including phenoxy) is 3. The normalized spacial score (nSPS) is 12.3. The zero-order valence-corrected chi connectivity index (χ0v) is 13.5. The van der Waals surface area contributed by atoms with Gasteiger partial charge < -0.3 is 19.5 Å². The van der Waals surface area contributed by atoms with E-state index in [1.165, 1.54) is 0 Å². The molecule has 0 amide bonds. The summed E-state index contributed by atoms with van der Waals surface area (Å²) in [6.07, 6.45) is 0. The van der Waals surface area contributed by atoms with E-state index in [0.717, 1.165) is 22.7 Å². The first-order chi connectivity index (χ1) is 10.7. The highest BCUT2D eigenvalue weighted by molar-refractivity contribution is 6.37. The molecule has 116 valence electrons. The predicted molar refractivity (Wildman–Crippen MR) is 87.5 cm³/mol. The monoisotopic (exact) mass is 339 g/mol. The minimum Gasteiger partial charge on any atom is -0.491 e. The molecule has 0 radical (unpaired) electrons. The Labute approximate surface area is 138 Å². The topological polar surface area (TPSA) is 39.7 Å². The van der Waals surface area contributed by atoms with E-state index in [1.54, 1.807) is 0 Å². The highest BCUT2D eigenvalue weighted by atomic mass is 35.5. The highest BCUT2D eigenvalue weighted by Gasteiger charge is 2.13. The first-order valence-electron chi connectivity index (χ1n) is 6.91. The Kier molecular flexibility index (Phi) is 4.50. The van der Waals surface area contributed by atoms with Crippen LogP contribution in [0, 0.1) is 0 Å². The Balaban J connectivity index is 1.71. The molecule has 1 heterocycles. The van der Waals surface area contributed by atoms with Crippen molar-refractivity contribution in [3.05, 3.63) is 45.9 Å². The fourth-order valence-corrected chi connectivity index (χ4v) is 2.85. The minimum absolute atomic E-state index is 0.267. The first-order valence-corrected chi connectivity index (χ1v) is 7.67. The molecule has 6 heteroatoms. The van der Waals surface area contributed by atoms with Crippen LogP contribution in [0.15, 0.2) is 30.3 Å². The van der Waals surface area contributed by atoms with Crippen LogP contribution in [0.5, 0.6) is 17.2 Å². The molecule has 0 spiro atoms. The third-order valence-corrected chi connectivity index (χ3v) is 3.78. The van der Waals surface area contributed by atoms with Crippen LogP contribution in [0.4, 0.5) is 5.69 Å². The van der Waals surface area contributed by atoms with Crippen molar-refractivity contribution in [3.8, 4) is 17.2 Å². The molecule has 0 saturated heterocycles. The molecular weight excluding hydrogens is 325 g/mol. The van der Waals surface area contributed by atoms with Crippen LogP contribution >= 0.6 is 23.2 Å².